The molecule has 3 rings (SSSR count). The van der Waals surface area contributed by atoms with Gasteiger partial charge in [-0.15, -0.1) is 0 Å². The normalized spacial score (nSPS) is 14.3. The van der Waals surface area contributed by atoms with Crippen LogP contribution in [0.25, 0.3) is 0 Å². The van der Waals surface area contributed by atoms with Crippen molar-refractivity contribution in [1.82, 2.24) is 19.4 Å². The lowest BCUT2D eigenvalue weighted by molar-refractivity contribution is 0.0730. The molecule has 0 aliphatic carbocycles. The Bertz CT molecular complexity index is 723. The highest BCUT2D eigenvalue weighted by Crippen LogP contribution is 2.24. The molecule has 1 aliphatic rings. The van der Waals surface area contributed by atoms with E-state index in [4.69, 9.17) is 0 Å². The Hall–Kier alpha value is -2.24. The Morgan fingerprint density at radius 1 is 1.36 bits per heavy atom. The molecule has 0 saturated heterocycles. The van der Waals surface area contributed by atoms with E-state index in [9.17, 15) is 9.18 Å². The Kier molecular flexibility index (Phi) is 3.68. The fourth-order valence-corrected chi connectivity index (χ4v) is 2.95. The fraction of sp³-hybridized carbons (Fsp3) is 0.438. The topological polar surface area (TPSA) is 51.0 Å². The van der Waals surface area contributed by atoms with Crippen LogP contribution in [0.4, 0.5) is 4.39 Å². The zero-order chi connectivity index (χ0) is 15.9. The number of hydrogen-bond acceptors (Lipinski definition) is 3. The highest BCUT2D eigenvalue weighted by atomic mass is 19.1. The number of fused-ring (bicyclic) bond motifs is 1. The number of rotatable bonds is 2. The second-order valence-electron chi connectivity index (χ2n) is 5.95. The van der Waals surface area contributed by atoms with Crippen molar-refractivity contribution in [1.29, 1.82) is 0 Å². The third-order valence-corrected chi connectivity index (χ3v) is 4.05. The molecule has 2 aromatic rings. The first-order valence-corrected chi connectivity index (χ1v) is 7.41. The number of hydrogen-bond donors (Lipinski definition) is 0. The number of pyridine rings is 1. The minimum Gasteiger partial charge on any atom is -0.334 e. The van der Waals surface area contributed by atoms with Gasteiger partial charge in [0.2, 0.25) is 0 Å². The van der Waals surface area contributed by atoms with Crippen LogP contribution in [0.2, 0.25) is 0 Å². The highest BCUT2D eigenvalue weighted by Gasteiger charge is 2.27. The van der Waals surface area contributed by atoms with Gasteiger partial charge in [0, 0.05) is 37.8 Å². The minimum atomic E-state index is -0.497. The summed E-state index contributed by atoms with van der Waals surface area (Å²) in [6.07, 6.45) is 3.26. The van der Waals surface area contributed by atoms with Crippen LogP contribution in [0.3, 0.4) is 0 Å². The SMILES string of the molecule is CC(C)c1nc2c(n1C)CCN(C(=O)c1cncc(F)c1)C2. The van der Waals surface area contributed by atoms with E-state index in [1.807, 2.05) is 7.05 Å². The molecule has 0 fully saturated rings. The van der Waals surface area contributed by atoms with Crippen molar-refractivity contribution >= 4 is 5.91 Å². The zero-order valence-electron chi connectivity index (χ0n) is 13.0. The van der Waals surface area contributed by atoms with Gasteiger partial charge < -0.3 is 9.47 Å². The number of halogens is 1. The van der Waals surface area contributed by atoms with Crippen LogP contribution in [-0.4, -0.2) is 31.9 Å². The van der Waals surface area contributed by atoms with Gasteiger partial charge in [-0.05, 0) is 6.07 Å². The Morgan fingerprint density at radius 3 is 2.82 bits per heavy atom. The number of carbonyl (C=O) groups excluding carboxylic acids is 1. The molecule has 6 heteroatoms. The lowest BCUT2D eigenvalue weighted by Gasteiger charge is -2.26. The first-order chi connectivity index (χ1) is 10.5. The average Bonchev–Trinajstić information content (AvgIpc) is 2.83. The quantitative estimate of drug-likeness (QED) is 0.855. The molecule has 0 spiro atoms. The van der Waals surface area contributed by atoms with E-state index in [1.165, 1.54) is 18.0 Å². The molecule has 0 bridgehead atoms. The van der Waals surface area contributed by atoms with E-state index < -0.39 is 5.82 Å². The summed E-state index contributed by atoms with van der Waals surface area (Å²) in [4.78, 5) is 22.6. The van der Waals surface area contributed by atoms with Gasteiger partial charge >= 0.3 is 0 Å². The van der Waals surface area contributed by atoms with Crippen molar-refractivity contribution in [2.45, 2.75) is 32.7 Å². The molecule has 5 nitrogen and oxygen atoms in total. The predicted octanol–water partition coefficient (Wildman–Crippen LogP) is 2.28. The standard InChI is InChI=1S/C16H19FN4O/c1-10(2)15-19-13-9-21(5-4-14(13)20(15)3)16(22)11-6-12(17)8-18-7-11/h6-8,10H,4-5,9H2,1-3H3. The molecule has 1 amide bonds. The van der Waals surface area contributed by atoms with Gasteiger partial charge in [-0.25, -0.2) is 9.37 Å². The van der Waals surface area contributed by atoms with Crippen molar-refractivity contribution in [2.75, 3.05) is 6.54 Å². The molecule has 1 aliphatic heterocycles. The smallest absolute Gasteiger partial charge is 0.255 e. The van der Waals surface area contributed by atoms with E-state index in [2.05, 4.69) is 28.4 Å². The summed E-state index contributed by atoms with van der Waals surface area (Å²) in [5, 5.41) is 0. The number of nitrogens with zero attached hydrogens (tertiary/aromatic N) is 4. The lowest BCUT2D eigenvalue weighted by Crippen LogP contribution is -2.36. The molecule has 0 radical (unpaired) electrons. The van der Waals surface area contributed by atoms with Crippen molar-refractivity contribution in [3.8, 4) is 0 Å². The maximum absolute atomic E-state index is 13.2. The van der Waals surface area contributed by atoms with Gasteiger partial charge in [0.05, 0.1) is 24.0 Å². The fourth-order valence-electron chi connectivity index (χ4n) is 2.95. The maximum Gasteiger partial charge on any atom is 0.255 e. The summed E-state index contributed by atoms with van der Waals surface area (Å²) in [5.41, 5.74) is 2.41. The van der Waals surface area contributed by atoms with E-state index >= 15 is 0 Å². The molecule has 0 saturated carbocycles. The van der Waals surface area contributed by atoms with Crippen LogP contribution in [-0.2, 0) is 20.0 Å². The van der Waals surface area contributed by atoms with Crippen LogP contribution >= 0.6 is 0 Å². The highest BCUT2D eigenvalue weighted by molar-refractivity contribution is 5.94. The first-order valence-electron chi connectivity index (χ1n) is 7.41. The van der Waals surface area contributed by atoms with Crippen LogP contribution in [0.1, 0.15) is 47.3 Å². The van der Waals surface area contributed by atoms with Gasteiger partial charge in [0.25, 0.3) is 5.91 Å². The summed E-state index contributed by atoms with van der Waals surface area (Å²) in [6.45, 7) is 5.29. The van der Waals surface area contributed by atoms with Crippen LogP contribution in [0.15, 0.2) is 18.5 Å². The summed E-state index contributed by atoms with van der Waals surface area (Å²) in [7, 11) is 2.02. The van der Waals surface area contributed by atoms with E-state index in [0.29, 0.717) is 19.0 Å². The second-order valence-corrected chi connectivity index (χ2v) is 5.95. The van der Waals surface area contributed by atoms with Gasteiger partial charge in [0.15, 0.2) is 0 Å². The summed E-state index contributed by atoms with van der Waals surface area (Å²) >= 11 is 0. The first kappa shape index (κ1) is 14.7. The third kappa shape index (κ3) is 2.49. The summed E-state index contributed by atoms with van der Waals surface area (Å²) in [6, 6.07) is 1.23. The van der Waals surface area contributed by atoms with Crippen molar-refractivity contribution < 1.29 is 9.18 Å². The van der Waals surface area contributed by atoms with E-state index in [-0.39, 0.29) is 11.5 Å². The molecule has 2 aromatic heterocycles. The molecule has 22 heavy (non-hydrogen) atoms. The van der Waals surface area contributed by atoms with E-state index in [0.717, 1.165) is 24.1 Å². The van der Waals surface area contributed by atoms with Crippen LogP contribution in [0.5, 0.6) is 0 Å². The minimum absolute atomic E-state index is 0.200. The molecule has 0 aromatic carbocycles. The average molecular weight is 302 g/mol. The molecule has 3 heterocycles. The maximum atomic E-state index is 13.2. The van der Waals surface area contributed by atoms with Gasteiger partial charge in [-0.1, -0.05) is 13.8 Å². The Morgan fingerprint density at radius 2 is 2.14 bits per heavy atom. The number of imidazole rings is 1. The molecular formula is C16H19FN4O. The second kappa shape index (κ2) is 5.51. The van der Waals surface area contributed by atoms with Gasteiger partial charge in [-0.3, -0.25) is 9.78 Å². The lowest BCUT2D eigenvalue weighted by atomic mass is 10.1. The van der Waals surface area contributed by atoms with E-state index in [1.54, 1.807) is 4.90 Å². The van der Waals surface area contributed by atoms with Gasteiger partial charge in [-0.2, -0.15) is 0 Å². The predicted molar refractivity (Wildman–Crippen MR) is 79.9 cm³/mol. The Labute approximate surface area is 128 Å². The monoisotopic (exact) mass is 302 g/mol. The summed E-state index contributed by atoms with van der Waals surface area (Å²) in [5.74, 6) is 0.678. The largest absolute Gasteiger partial charge is 0.334 e. The van der Waals surface area contributed by atoms with Crippen LogP contribution < -0.4 is 0 Å². The Balaban J connectivity index is 1.85. The van der Waals surface area contributed by atoms with Crippen molar-refractivity contribution in [2.24, 2.45) is 7.05 Å². The molecule has 0 atom stereocenters. The van der Waals surface area contributed by atoms with Gasteiger partial charge in [0.1, 0.15) is 11.6 Å². The molecular weight excluding hydrogens is 283 g/mol. The zero-order valence-corrected chi connectivity index (χ0v) is 13.0. The molecule has 0 unspecified atom stereocenters. The van der Waals surface area contributed by atoms with Crippen molar-refractivity contribution in [3.63, 3.8) is 0 Å². The number of carbonyl (C=O) groups is 1. The third-order valence-electron chi connectivity index (χ3n) is 4.05. The number of aromatic nitrogens is 3. The summed E-state index contributed by atoms with van der Waals surface area (Å²) < 4.78 is 15.4. The van der Waals surface area contributed by atoms with Crippen molar-refractivity contribution in [3.05, 3.63) is 47.1 Å². The van der Waals surface area contributed by atoms with Crippen LogP contribution in [0, 0.1) is 5.82 Å². The number of amides is 1. The molecule has 116 valence electrons. The molecule has 0 N–H and O–H groups in total.